The molecule has 19 heavy (non-hydrogen) atoms. The van der Waals surface area contributed by atoms with E-state index < -0.39 is 5.91 Å². The molecule has 7 heteroatoms. The topological polar surface area (TPSA) is 108 Å². The zero-order chi connectivity index (χ0) is 14.6. The van der Waals surface area contributed by atoms with Crippen LogP contribution in [0.15, 0.2) is 12.1 Å². The van der Waals surface area contributed by atoms with E-state index in [0.29, 0.717) is 5.69 Å². The minimum absolute atomic E-state index is 0.0804. The molecule has 1 aromatic rings. The zero-order valence-electron chi connectivity index (χ0n) is 10.8. The standard InChI is InChI=1S/C12H15N3O4/c1-6(16)13-9-4-10(14-7(2)17)12(11(19)5-9)15-8(3)18/h4-5,19H,1-3H3,(H,13,16)(H,14,17)(H,15,18). The highest BCUT2D eigenvalue weighted by atomic mass is 16.3. The van der Waals surface area contributed by atoms with Gasteiger partial charge in [-0.3, -0.25) is 14.4 Å². The SMILES string of the molecule is CC(=O)Nc1cc(O)c(NC(C)=O)c(NC(C)=O)c1. The Morgan fingerprint density at radius 2 is 1.42 bits per heavy atom. The number of hydrogen-bond acceptors (Lipinski definition) is 4. The number of aromatic hydroxyl groups is 1. The van der Waals surface area contributed by atoms with Crippen molar-refractivity contribution in [3.05, 3.63) is 12.1 Å². The first-order valence-electron chi connectivity index (χ1n) is 5.49. The van der Waals surface area contributed by atoms with Crippen LogP contribution >= 0.6 is 0 Å². The third kappa shape index (κ3) is 4.30. The Hall–Kier alpha value is -2.57. The molecule has 0 aromatic heterocycles. The first-order chi connectivity index (χ1) is 8.79. The van der Waals surface area contributed by atoms with Gasteiger partial charge in [-0.25, -0.2) is 0 Å². The van der Waals surface area contributed by atoms with Crippen molar-refractivity contribution in [2.75, 3.05) is 16.0 Å². The van der Waals surface area contributed by atoms with Crippen molar-refractivity contribution in [2.24, 2.45) is 0 Å². The number of amides is 3. The molecule has 1 aromatic carbocycles. The van der Waals surface area contributed by atoms with Crippen molar-refractivity contribution < 1.29 is 19.5 Å². The van der Waals surface area contributed by atoms with Crippen LogP contribution in [-0.4, -0.2) is 22.8 Å². The molecule has 1 rings (SSSR count). The summed E-state index contributed by atoms with van der Waals surface area (Å²) in [6.45, 7) is 3.88. The van der Waals surface area contributed by atoms with Gasteiger partial charge in [0, 0.05) is 32.5 Å². The fourth-order valence-corrected chi connectivity index (χ4v) is 1.50. The summed E-state index contributed by atoms with van der Waals surface area (Å²) >= 11 is 0. The number of nitrogens with one attached hydrogen (secondary N) is 3. The van der Waals surface area contributed by atoms with Crippen molar-refractivity contribution in [2.45, 2.75) is 20.8 Å². The van der Waals surface area contributed by atoms with E-state index >= 15 is 0 Å². The molecule has 0 saturated heterocycles. The van der Waals surface area contributed by atoms with Gasteiger partial charge in [0.1, 0.15) is 11.4 Å². The van der Waals surface area contributed by atoms with E-state index in [1.165, 1.54) is 32.9 Å². The number of anilines is 3. The maximum atomic E-state index is 11.1. The summed E-state index contributed by atoms with van der Waals surface area (Å²) in [6, 6.07) is 2.71. The van der Waals surface area contributed by atoms with Crippen LogP contribution in [0.1, 0.15) is 20.8 Å². The molecule has 4 N–H and O–H groups in total. The van der Waals surface area contributed by atoms with Gasteiger partial charge in [-0.1, -0.05) is 0 Å². The predicted octanol–water partition coefficient (Wildman–Crippen LogP) is 1.27. The van der Waals surface area contributed by atoms with E-state index in [0.717, 1.165) is 0 Å². The molecule has 7 nitrogen and oxygen atoms in total. The summed E-state index contributed by atoms with van der Waals surface area (Å²) in [4.78, 5) is 33.1. The molecule has 102 valence electrons. The Morgan fingerprint density at radius 3 is 1.89 bits per heavy atom. The Bertz CT molecular complexity index is 540. The van der Waals surface area contributed by atoms with E-state index in [2.05, 4.69) is 16.0 Å². The summed E-state index contributed by atoms with van der Waals surface area (Å²) in [6.07, 6.45) is 0. The Morgan fingerprint density at radius 1 is 0.895 bits per heavy atom. The first-order valence-corrected chi connectivity index (χ1v) is 5.49. The van der Waals surface area contributed by atoms with Gasteiger partial charge < -0.3 is 21.1 Å². The number of carbonyl (C=O) groups is 3. The third-order valence-corrected chi connectivity index (χ3v) is 2.05. The lowest BCUT2D eigenvalue weighted by Gasteiger charge is -2.14. The summed E-state index contributed by atoms with van der Waals surface area (Å²) in [7, 11) is 0. The van der Waals surface area contributed by atoms with Crippen LogP contribution in [0.2, 0.25) is 0 Å². The minimum atomic E-state index is -0.394. The number of rotatable bonds is 3. The molecule has 0 bridgehead atoms. The largest absolute Gasteiger partial charge is 0.506 e. The van der Waals surface area contributed by atoms with Crippen molar-refractivity contribution in [1.82, 2.24) is 0 Å². The van der Waals surface area contributed by atoms with Crippen LogP contribution in [0, 0.1) is 0 Å². The van der Waals surface area contributed by atoms with Gasteiger partial charge >= 0.3 is 0 Å². The maximum Gasteiger partial charge on any atom is 0.221 e. The van der Waals surface area contributed by atoms with Crippen LogP contribution in [0.25, 0.3) is 0 Å². The second-order valence-electron chi connectivity index (χ2n) is 3.96. The fraction of sp³-hybridized carbons (Fsp3) is 0.250. The van der Waals surface area contributed by atoms with Gasteiger partial charge in [0.15, 0.2) is 0 Å². The fourth-order valence-electron chi connectivity index (χ4n) is 1.50. The number of phenols is 1. The van der Waals surface area contributed by atoms with E-state index in [1.54, 1.807) is 0 Å². The highest BCUT2D eigenvalue weighted by Gasteiger charge is 2.13. The minimum Gasteiger partial charge on any atom is -0.506 e. The molecule has 3 amide bonds. The summed E-state index contributed by atoms with van der Waals surface area (Å²) < 4.78 is 0. The highest BCUT2D eigenvalue weighted by molar-refractivity contribution is 6.02. The lowest BCUT2D eigenvalue weighted by molar-refractivity contribution is -0.115. The van der Waals surface area contributed by atoms with E-state index in [4.69, 9.17) is 0 Å². The van der Waals surface area contributed by atoms with E-state index in [9.17, 15) is 19.5 Å². The second-order valence-corrected chi connectivity index (χ2v) is 3.96. The van der Waals surface area contributed by atoms with Gasteiger partial charge in [-0.2, -0.15) is 0 Å². The van der Waals surface area contributed by atoms with Crippen LogP contribution in [0.4, 0.5) is 17.1 Å². The quantitative estimate of drug-likeness (QED) is 0.617. The number of carbonyl (C=O) groups excluding carboxylic acids is 3. The molecule has 0 heterocycles. The van der Waals surface area contributed by atoms with Crippen molar-refractivity contribution in [1.29, 1.82) is 0 Å². The molecule has 0 aliphatic carbocycles. The lowest BCUT2D eigenvalue weighted by atomic mass is 10.2. The van der Waals surface area contributed by atoms with Crippen LogP contribution in [0.5, 0.6) is 5.75 Å². The normalized spacial score (nSPS) is 9.63. The number of hydrogen-bond donors (Lipinski definition) is 4. The van der Waals surface area contributed by atoms with Gasteiger partial charge in [-0.05, 0) is 6.07 Å². The van der Waals surface area contributed by atoms with Crippen LogP contribution in [-0.2, 0) is 14.4 Å². The molecule has 0 fully saturated rings. The van der Waals surface area contributed by atoms with Crippen molar-refractivity contribution in [3.8, 4) is 5.75 Å². The second kappa shape index (κ2) is 5.85. The molecule has 0 radical (unpaired) electrons. The molecular weight excluding hydrogens is 250 g/mol. The van der Waals surface area contributed by atoms with Gasteiger partial charge in [0.2, 0.25) is 17.7 Å². The Balaban J connectivity index is 3.24. The lowest BCUT2D eigenvalue weighted by Crippen LogP contribution is -2.13. The monoisotopic (exact) mass is 265 g/mol. The predicted molar refractivity (Wildman–Crippen MR) is 71.0 cm³/mol. The van der Waals surface area contributed by atoms with Crippen LogP contribution in [0.3, 0.4) is 0 Å². The number of benzene rings is 1. The van der Waals surface area contributed by atoms with Gasteiger partial charge in [-0.15, -0.1) is 0 Å². The average Bonchev–Trinajstić information content (AvgIpc) is 2.21. The average molecular weight is 265 g/mol. The van der Waals surface area contributed by atoms with Crippen LogP contribution < -0.4 is 16.0 Å². The molecule has 0 aliphatic heterocycles. The summed E-state index contributed by atoms with van der Waals surface area (Å²) in [5.74, 6) is -1.34. The Labute approximate surface area is 110 Å². The van der Waals surface area contributed by atoms with Gasteiger partial charge in [0.05, 0.1) is 5.69 Å². The molecule has 0 saturated carbocycles. The number of phenolic OH excluding ortho intramolecular Hbond substituents is 1. The maximum absolute atomic E-state index is 11.1. The van der Waals surface area contributed by atoms with E-state index in [1.807, 2.05) is 0 Å². The third-order valence-electron chi connectivity index (χ3n) is 2.05. The smallest absolute Gasteiger partial charge is 0.221 e. The molecule has 0 aliphatic rings. The molecule has 0 atom stereocenters. The highest BCUT2D eigenvalue weighted by Crippen LogP contribution is 2.35. The molecular formula is C12H15N3O4. The first kappa shape index (κ1) is 14.5. The van der Waals surface area contributed by atoms with Crippen molar-refractivity contribution in [3.63, 3.8) is 0 Å². The zero-order valence-corrected chi connectivity index (χ0v) is 10.8. The van der Waals surface area contributed by atoms with E-state index in [-0.39, 0.29) is 28.9 Å². The summed E-state index contributed by atoms with van der Waals surface area (Å²) in [5, 5.41) is 17.2. The van der Waals surface area contributed by atoms with Crippen molar-refractivity contribution >= 4 is 34.8 Å². The molecule has 0 unspecified atom stereocenters. The molecule has 0 spiro atoms. The summed E-state index contributed by atoms with van der Waals surface area (Å²) in [5.41, 5.74) is 0.589. The Kier molecular flexibility index (Phi) is 4.46. The van der Waals surface area contributed by atoms with Gasteiger partial charge in [0.25, 0.3) is 0 Å².